The number of rotatable bonds is 8. The van der Waals surface area contributed by atoms with E-state index in [1.165, 1.54) is 4.90 Å². The second-order valence-corrected chi connectivity index (χ2v) is 7.11. The third-order valence-corrected chi connectivity index (χ3v) is 5.12. The van der Waals surface area contributed by atoms with Gasteiger partial charge in [0.1, 0.15) is 11.5 Å². The zero-order valence-corrected chi connectivity index (χ0v) is 17.6. The Balaban J connectivity index is 2.13. The van der Waals surface area contributed by atoms with E-state index in [0.717, 1.165) is 0 Å². The van der Waals surface area contributed by atoms with Gasteiger partial charge in [-0.3, -0.25) is 14.6 Å². The number of aliphatic hydroxyl groups is 1. The summed E-state index contributed by atoms with van der Waals surface area (Å²) in [5, 5.41) is 11.3. The molecule has 1 fully saturated rings. The maximum absolute atomic E-state index is 12.9. The molecule has 0 bridgehead atoms. The summed E-state index contributed by atoms with van der Waals surface area (Å²) in [6.45, 7) is 3.00. The molecule has 1 aromatic carbocycles. The first kappa shape index (κ1) is 21.8. The van der Waals surface area contributed by atoms with Crippen LogP contribution < -0.4 is 4.74 Å². The number of hydrogen-bond acceptors (Lipinski definition) is 6. The van der Waals surface area contributed by atoms with Crippen LogP contribution in [-0.2, 0) is 14.3 Å². The highest BCUT2D eigenvalue weighted by molar-refractivity contribution is 6.47. The van der Waals surface area contributed by atoms with Gasteiger partial charge in [0.2, 0.25) is 0 Å². The quantitative estimate of drug-likeness (QED) is 0.298. The van der Waals surface area contributed by atoms with Crippen molar-refractivity contribution in [3.63, 3.8) is 0 Å². The van der Waals surface area contributed by atoms with E-state index in [-0.39, 0.29) is 21.9 Å². The molecular formula is C22H23ClN2O5. The molecule has 30 heavy (non-hydrogen) atoms. The average molecular weight is 431 g/mol. The fourth-order valence-electron chi connectivity index (χ4n) is 3.46. The Kier molecular flexibility index (Phi) is 7.07. The molecule has 0 aliphatic carbocycles. The average Bonchev–Trinajstić information content (AvgIpc) is 3.00. The number of aliphatic hydroxyl groups excluding tert-OH is 1. The second-order valence-electron chi connectivity index (χ2n) is 6.70. The molecule has 2 heterocycles. The summed E-state index contributed by atoms with van der Waals surface area (Å²) in [7, 11) is 1.57. The summed E-state index contributed by atoms with van der Waals surface area (Å²) in [4.78, 5) is 31.3. The molecule has 0 radical (unpaired) electrons. The van der Waals surface area contributed by atoms with Crippen molar-refractivity contribution >= 4 is 29.1 Å². The summed E-state index contributed by atoms with van der Waals surface area (Å²) < 4.78 is 10.6. The van der Waals surface area contributed by atoms with E-state index in [0.29, 0.717) is 37.5 Å². The van der Waals surface area contributed by atoms with Gasteiger partial charge in [-0.05, 0) is 43.2 Å². The van der Waals surface area contributed by atoms with E-state index >= 15 is 0 Å². The van der Waals surface area contributed by atoms with Crippen molar-refractivity contribution in [3.8, 4) is 5.75 Å². The van der Waals surface area contributed by atoms with Crippen LogP contribution in [0.3, 0.4) is 0 Å². The first-order valence-corrected chi connectivity index (χ1v) is 9.97. The Bertz CT molecular complexity index is 961. The lowest BCUT2D eigenvalue weighted by molar-refractivity contribution is -0.140. The minimum Gasteiger partial charge on any atom is -0.507 e. The summed E-state index contributed by atoms with van der Waals surface area (Å²) in [6.07, 6.45) is 3.72. The van der Waals surface area contributed by atoms with Gasteiger partial charge < -0.3 is 19.5 Å². The van der Waals surface area contributed by atoms with Crippen LogP contribution in [0.1, 0.15) is 30.5 Å². The highest BCUT2D eigenvalue weighted by Gasteiger charge is 2.46. The molecule has 8 heteroatoms. The zero-order valence-electron chi connectivity index (χ0n) is 16.8. The van der Waals surface area contributed by atoms with Crippen molar-refractivity contribution in [2.24, 2.45) is 0 Å². The topological polar surface area (TPSA) is 89.0 Å². The van der Waals surface area contributed by atoms with E-state index in [1.54, 1.807) is 49.8 Å². The van der Waals surface area contributed by atoms with Crippen LogP contribution in [0.4, 0.5) is 0 Å². The van der Waals surface area contributed by atoms with Crippen molar-refractivity contribution < 1.29 is 24.2 Å². The summed E-state index contributed by atoms with van der Waals surface area (Å²) in [5.74, 6) is -1.30. The van der Waals surface area contributed by atoms with Crippen molar-refractivity contribution in [1.29, 1.82) is 0 Å². The van der Waals surface area contributed by atoms with E-state index < -0.39 is 17.7 Å². The van der Waals surface area contributed by atoms with Crippen LogP contribution in [0, 0.1) is 0 Å². The molecule has 0 saturated carbocycles. The molecule has 3 rings (SSSR count). The molecule has 1 N–H and O–H groups in total. The molecule has 158 valence electrons. The van der Waals surface area contributed by atoms with Crippen LogP contribution in [0.15, 0.2) is 48.3 Å². The highest BCUT2D eigenvalue weighted by atomic mass is 35.5. The minimum absolute atomic E-state index is 0.0269. The molecule has 1 aliphatic heterocycles. The molecule has 1 aromatic heterocycles. The van der Waals surface area contributed by atoms with Gasteiger partial charge in [-0.15, -0.1) is 0 Å². The van der Waals surface area contributed by atoms with Gasteiger partial charge in [0.15, 0.2) is 0 Å². The van der Waals surface area contributed by atoms with Crippen LogP contribution in [0.25, 0.3) is 5.76 Å². The molecule has 7 nitrogen and oxygen atoms in total. The van der Waals surface area contributed by atoms with Crippen molar-refractivity contribution in [1.82, 2.24) is 9.88 Å². The molecule has 1 amide bonds. The molecule has 1 saturated heterocycles. The summed E-state index contributed by atoms with van der Waals surface area (Å²) in [6, 6.07) is 7.51. The van der Waals surface area contributed by atoms with Gasteiger partial charge in [0.05, 0.1) is 23.2 Å². The van der Waals surface area contributed by atoms with E-state index in [2.05, 4.69) is 4.98 Å². The Morgan fingerprint density at radius 2 is 2.10 bits per heavy atom. The monoisotopic (exact) mass is 430 g/mol. The summed E-state index contributed by atoms with van der Waals surface area (Å²) in [5.41, 5.74) is 0.820. The van der Waals surface area contributed by atoms with Crippen LogP contribution in [0.2, 0.25) is 5.02 Å². The minimum atomic E-state index is -0.776. The normalized spacial score (nSPS) is 18.1. The number of halogens is 1. The van der Waals surface area contributed by atoms with E-state index in [1.807, 2.05) is 6.92 Å². The van der Waals surface area contributed by atoms with Crippen LogP contribution in [-0.4, -0.2) is 53.5 Å². The lowest BCUT2D eigenvalue weighted by Gasteiger charge is -2.25. The Labute approximate surface area is 179 Å². The van der Waals surface area contributed by atoms with Gasteiger partial charge in [-0.2, -0.15) is 0 Å². The lowest BCUT2D eigenvalue weighted by atomic mass is 9.96. The SMILES string of the molecule is CCOc1ccc(Cl)c(/C(O)=C2\C(=O)C(=O)N(CCCOC)C2c2cccnc2)c1. The third-order valence-electron chi connectivity index (χ3n) is 4.79. The second kappa shape index (κ2) is 9.73. The van der Waals surface area contributed by atoms with Crippen LogP contribution >= 0.6 is 11.6 Å². The fourth-order valence-corrected chi connectivity index (χ4v) is 3.67. The Morgan fingerprint density at radius 1 is 1.30 bits per heavy atom. The number of aromatic nitrogens is 1. The number of benzene rings is 1. The highest BCUT2D eigenvalue weighted by Crippen LogP contribution is 2.40. The molecular weight excluding hydrogens is 408 g/mol. The first-order chi connectivity index (χ1) is 14.5. The molecule has 1 atom stereocenters. The number of nitrogens with zero attached hydrogens (tertiary/aromatic N) is 2. The number of likely N-dealkylation sites (tertiary alicyclic amines) is 1. The zero-order chi connectivity index (χ0) is 21.7. The number of methoxy groups -OCH3 is 1. The third kappa shape index (κ3) is 4.32. The van der Waals surface area contributed by atoms with E-state index in [9.17, 15) is 14.7 Å². The first-order valence-electron chi connectivity index (χ1n) is 9.59. The molecule has 0 spiro atoms. The Hall–Kier alpha value is -2.90. The largest absolute Gasteiger partial charge is 0.507 e. The molecule has 1 unspecified atom stereocenters. The predicted molar refractivity (Wildman–Crippen MR) is 112 cm³/mol. The standard InChI is InChI=1S/C22H23ClN2O5/c1-3-30-15-7-8-17(23)16(12-15)20(26)18-19(14-6-4-9-24-13-14)25(10-5-11-29-2)22(28)21(18)27/h4,6-9,12-13,19,26H,3,5,10-11H2,1-2H3/b20-18+. The van der Waals surface area contributed by atoms with Gasteiger partial charge >= 0.3 is 0 Å². The summed E-state index contributed by atoms with van der Waals surface area (Å²) >= 11 is 6.30. The smallest absolute Gasteiger partial charge is 0.295 e. The number of carbonyl (C=O) groups excluding carboxylic acids is 2. The maximum atomic E-state index is 12.9. The lowest BCUT2D eigenvalue weighted by Crippen LogP contribution is -2.31. The van der Waals surface area contributed by atoms with Gasteiger partial charge in [0.25, 0.3) is 11.7 Å². The number of hydrogen-bond donors (Lipinski definition) is 1. The van der Waals surface area contributed by atoms with E-state index in [4.69, 9.17) is 21.1 Å². The fraction of sp³-hybridized carbons (Fsp3) is 0.318. The van der Waals surface area contributed by atoms with Gasteiger partial charge in [-0.1, -0.05) is 17.7 Å². The predicted octanol–water partition coefficient (Wildman–Crippen LogP) is 3.59. The van der Waals surface area contributed by atoms with Crippen molar-refractivity contribution in [2.45, 2.75) is 19.4 Å². The molecule has 2 aromatic rings. The maximum Gasteiger partial charge on any atom is 0.295 e. The number of pyridine rings is 1. The van der Waals surface area contributed by atoms with Gasteiger partial charge in [0, 0.05) is 38.2 Å². The Morgan fingerprint density at radius 3 is 2.77 bits per heavy atom. The number of ether oxygens (including phenoxy) is 2. The number of ketones is 1. The van der Waals surface area contributed by atoms with Crippen LogP contribution in [0.5, 0.6) is 5.75 Å². The number of carbonyl (C=O) groups is 2. The van der Waals surface area contributed by atoms with Crippen molar-refractivity contribution in [2.75, 3.05) is 26.9 Å². The van der Waals surface area contributed by atoms with Crippen molar-refractivity contribution in [3.05, 3.63) is 64.4 Å². The number of Topliss-reactive ketones (excluding diaryl/α,β-unsaturated/α-hetero) is 1. The van der Waals surface area contributed by atoms with Gasteiger partial charge in [-0.25, -0.2) is 0 Å². The number of amides is 1. The molecule has 1 aliphatic rings.